The number of ether oxygens (including phenoxy) is 1. The van der Waals surface area contributed by atoms with Crippen molar-refractivity contribution in [1.29, 1.82) is 0 Å². The molecule has 0 aliphatic carbocycles. The van der Waals surface area contributed by atoms with Crippen molar-refractivity contribution >= 4 is 38.9 Å². The molecular weight excluding hydrogens is 300 g/mol. The molecular formula is C12H17BrN2OS. The largest absolute Gasteiger partial charge is 0.383 e. The highest BCUT2D eigenvalue weighted by atomic mass is 79.9. The molecule has 0 aliphatic rings. The van der Waals surface area contributed by atoms with Gasteiger partial charge in [-0.15, -0.1) is 0 Å². The van der Waals surface area contributed by atoms with Crippen LogP contribution in [0.5, 0.6) is 0 Å². The average molecular weight is 317 g/mol. The Bertz CT molecular complexity index is 378. The molecule has 0 spiro atoms. The summed E-state index contributed by atoms with van der Waals surface area (Å²) in [7, 11) is 1.67. The van der Waals surface area contributed by atoms with Gasteiger partial charge in [0.05, 0.1) is 6.61 Å². The van der Waals surface area contributed by atoms with Gasteiger partial charge in [0.15, 0.2) is 5.11 Å². The molecule has 0 aromatic heterocycles. The standard InChI is InChI=1S/C12H17BrN2OS/c1-8-4-10(13)6-11(5-8)15-12(17)14-9(2)7-16-3/h4-6,9H,7H2,1-3H3,(H2,14,15,17). The summed E-state index contributed by atoms with van der Waals surface area (Å²) in [6.45, 7) is 4.68. The van der Waals surface area contributed by atoms with E-state index in [9.17, 15) is 0 Å². The molecule has 2 N–H and O–H groups in total. The zero-order valence-electron chi connectivity index (χ0n) is 10.2. The first kappa shape index (κ1) is 14.4. The van der Waals surface area contributed by atoms with Crippen molar-refractivity contribution in [1.82, 2.24) is 5.32 Å². The van der Waals surface area contributed by atoms with Gasteiger partial charge < -0.3 is 15.4 Å². The first-order valence-electron chi connectivity index (χ1n) is 5.35. The third kappa shape index (κ3) is 5.48. The molecule has 1 rings (SSSR count). The van der Waals surface area contributed by atoms with Crippen LogP contribution in [0.15, 0.2) is 22.7 Å². The van der Waals surface area contributed by atoms with E-state index in [2.05, 4.69) is 32.6 Å². The molecule has 17 heavy (non-hydrogen) atoms. The Kier molecular flexibility index (Phi) is 5.88. The van der Waals surface area contributed by atoms with E-state index in [-0.39, 0.29) is 6.04 Å². The number of hydrogen-bond donors (Lipinski definition) is 2. The Morgan fingerprint density at radius 1 is 1.47 bits per heavy atom. The molecule has 0 radical (unpaired) electrons. The van der Waals surface area contributed by atoms with Gasteiger partial charge in [-0.3, -0.25) is 0 Å². The zero-order chi connectivity index (χ0) is 12.8. The van der Waals surface area contributed by atoms with Crippen molar-refractivity contribution in [2.24, 2.45) is 0 Å². The number of thiocarbonyl (C=S) groups is 1. The highest BCUT2D eigenvalue weighted by Gasteiger charge is 2.04. The van der Waals surface area contributed by atoms with Crippen LogP contribution >= 0.6 is 28.1 Å². The molecule has 0 saturated heterocycles. The van der Waals surface area contributed by atoms with Crippen molar-refractivity contribution in [3.05, 3.63) is 28.2 Å². The van der Waals surface area contributed by atoms with Crippen molar-refractivity contribution in [2.45, 2.75) is 19.9 Å². The van der Waals surface area contributed by atoms with E-state index in [1.807, 2.05) is 26.0 Å². The summed E-state index contributed by atoms with van der Waals surface area (Å²) < 4.78 is 6.07. The minimum absolute atomic E-state index is 0.188. The van der Waals surface area contributed by atoms with E-state index in [1.165, 1.54) is 5.56 Å². The van der Waals surface area contributed by atoms with Gasteiger partial charge in [0.2, 0.25) is 0 Å². The zero-order valence-corrected chi connectivity index (χ0v) is 12.6. The van der Waals surface area contributed by atoms with E-state index in [0.29, 0.717) is 11.7 Å². The first-order chi connectivity index (χ1) is 8.01. The highest BCUT2D eigenvalue weighted by molar-refractivity contribution is 9.10. The average Bonchev–Trinajstić information content (AvgIpc) is 2.14. The highest BCUT2D eigenvalue weighted by Crippen LogP contribution is 2.18. The molecule has 0 heterocycles. The number of methoxy groups -OCH3 is 1. The predicted octanol–water partition coefficient (Wildman–Crippen LogP) is 3.08. The summed E-state index contributed by atoms with van der Waals surface area (Å²) in [6.07, 6.45) is 0. The molecule has 1 atom stereocenters. The molecule has 1 aromatic carbocycles. The van der Waals surface area contributed by atoms with Gasteiger partial charge in [-0.1, -0.05) is 15.9 Å². The van der Waals surface area contributed by atoms with Crippen molar-refractivity contribution in [2.75, 3.05) is 19.0 Å². The van der Waals surface area contributed by atoms with Crippen LogP contribution in [-0.4, -0.2) is 24.9 Å². The fourth-order valence-corrected chi connectivity index (χ4v) is 2.42. The van der Waals surface area contributed by atoms with Gasteiger partial charge in [0.1, 0.15) is 0 Å². The Morgan fingerprint density at radius 2 is 2.18 bits per heavy atom. The van der Waals surface area contributed by atoms with Gasteiger partial charge in [-0.25, -0.2) is 0 Å². The molecule has 0 fully saturated rings. The Balaban J connectivity index is 2.56. The van der Waals surface area contributed by atoms with E-state index in [4.69, 9.17) is 17.0 Å². The lowest BCUT2D eigenvalue weighted by Gasteiger charge is -2.16. The normalized spacial score (nSPS) is 12.0. The van der Waals surface area contributed by atoms with Crippen LogP contribution in [0.25, 0.3) is 0 Å². The van der Waals surface area contributed by atoms with E-state index in [0.717, 1.165) is 10.2 Å². The number of aryl methyl sites for hydroxylation is 1. The number of nitrogens with one attached hydrogen (secondary N) is 2. The Labute approximate surface area is 116 Å². The quantitative estimate of drug-likeness (QED) is 0.836. The van der Waals surface area contributed by atoms with Gasteiger partial charge in [-0.05, 0) is 49.8 Å². The Morgan fingerprint density at radius 3 is 2.76 bits per heavy atom. The van der Waals surface area contributed by atoms with Crippen LogP contribution in [0.1, 0.15) is 12.5 Å². The van der Waals surface area contributed by atoms with Crippen LogP contribution in [0.4, 0.5) is 5.69 Å². The lowest BCUT2D eigenvalue weighted by molar-refractivity contribution is 0.179. The van der Waals surface area contributed by atoms with Crippen LogP contribution in [0, 0.1) is 6.92 Å². The van der Waals surface area contributed by atoms with Crippen molar-refractivity contribution in [3.63, 3.8) is 0 Å². The summed E-state index contributed by atoms with van der Waals surface area (Å²) in [5.74, 6) is 0. The lowest BCUT2D eigenvalue weighted by atomic mass is 10.2. The predicted molar refractivity (Wildman–Crippen MR) is 79.6 cm³/mol. The summed E-state index contributed by atoms with van der Waals surface area (Å²) in [4.78, 5) is 0. The summed E-state index contributed by atoms with van der Waals surface area (Å²) in [6, 6.07) is 6.27. The molecule has 0 amide bonds. The third-order valence-electron chi connectivity index (χ3n) is 2.09. The van der Waals surface area contributed by atoms with Gasteiger partial charge in [-0.2, -0.15) is 0 Å². The number of hydrogen-bond acceptors (Lipinski definition) is 2. The number of halogens is 1. The van der Waals surface area contributed by atoms with E-state index >= 15 is 0 Å². The summed E-state index contributed by atoms with van der Waals surface area (Å²) in [5.41, 5.74) is 2.15. The monoisotopic (exact) mass is 316 g/mol. The van der Waals surface area contributed by atoms with E-state index in [1.54, 1.807) is 7.11 Å². The third-order valence-corrected chi connectivity index (χ3v) is 2.77. The molecule has 1 unspecified atom stereocenters. The summed E-state index contributed by atoms with van der Waals surface area (Å²) >= 11 is 8.67. The van der Waals surface area contributed by atoms with Crippen LogP contribution in [-0.2, 0) is 4.74 Å². The number of benzene rings is 1. The number of rotatable bonds is 4. The van der Waals surface area contributed by atoms with Crippen LogP contribution < -0.4 is 10.6 Å². The number of anilines is 1. The van der Waals surface area contributed by atoms with Gasteiger partial charge in [0, 0.05) is 23.3 Å². The van der Waals surface area contributed by atoms with Crippen molar-refractivity contribution in [3.8, 4) is 0 Å². The maximum atomic E-state index is 5.22. The topological polar surface area (TPSA) is 33.3 Å². The fraction of sp³-hybridized carbons (Fsp3) is 0.417. The van der Waals surface area contributed by atoms with E-state index < -0.39 is 0 Å². The van der Waals surface area contributed by atoms with Crippen molar-refractivity contribution < 1.29 is 4.74 Å². The molecule has 94 valence electrons. The SMILES string of the molecule is COCC(C)NC(=S)Nc1cc(C)cc(Br)c1. The lowest BCUT2D eigenvalue weighted by Crippen LogP contribution is -2.38. The van der Waals surface area contributed by atoms with Crippen LogP contribution in [0.3, 0.4) is 0 Å². The second kappa shape index (κ2) is 6.93. The molecule has 0 bridgehead atoms. The Hall–Kier alpha value is -0.650. The first-order valence-corrected chi connectivity index (χ1v) is 6.55. The molecule has 1 aromatic rings. The molecule has 0 saturated carbocycles. The van der Waals surface area contributed by atoms with Gasteiger partial charge >= 0.3 is 0 Å². The molecule has 5 heteroatoms. The second-order valence-electron chi connectivity index (χ2n) is 3.97. The molecule has 0 aliphatic heterocycles. The minimum atomic E-state index is 0.188. The fourth-order valence-electron chi connectivity index (χ4n) is 1.49. The van der Waals surface area contributed by atoms with Crippen LogP contribution in [0.2, 0.25) is 0 Å². The smallest absolute Gasteiger partial charge is 0.171 e. The summed E-state index contributed by atoms with van der Waals surface area (Å²) in [5, 5.41) is 6.90. The van der Waals surface area contributed by atoms with Gasteiger partial charge in [0.25, 0.3) is 0 Å². The second-order valence-corrected chi connectivity index (χ2v) is 5.30. The molecule has 3 nitrogen and oxygen atoms in total. The maximum Gasteiger partial charge on any atom is 0.171 e. The minimum Gasteiger partial charge on any atom is -0.383 e. The maximum absolute atomic E-state index is 5.22.